The van der Waals surface area contributed by atoms with E-state index in [0.29, 0.717) is 16.0 Å². The maximum atomic E-state index is 13.8. The minimum atomic E-state index is -0.504. The van der Waals surface area contributed by atoms with E-state index in [1.807, 2.05) is 12.1 Å². The van der Waals surface area contributed by atoms with Gasteiger partial charge in [0.05, 0.1) is 5.56 Å². The van der Waals surface area contributed by atoms with Gasteiger partial charge < -0.3 is 0 Å². The SMILES string of the molecule is CCC(C)c1ccc(C(=O)c2ccc(Br)cc2F)cc1. The van der Waals surface area contributed by atoms with Gasteiger partial charge in [0.2, 0.25) is 0 Å². The highest BCUT2D eigenvalue weighted by Crippen LogP contribution is 2.22. The molecular formula is C17H16BrFO. The maximum Gasteiger partial charge on any atom is 0.195 e. The van der Waals surface area contributed by atoms with Crippen molar-refractivity contribution in [3.8, 4) is 0 Å². The summed E-state index contributed by atoms with van der Waals surface area (Å²) in [4.78, 5) is 12.3. The largest absolute Gasteiger partial charge is 0.288 e. The molecule has 0 saturated heterocycles. The van der Waals surface area contributed by atoms with E-state index in [9.17, 15) is 9.18 Å². The summed E-state index contributed by atoms with van der Waals surface area (Å²) in [6, 6.07) is 11.9. The summed E-state index contributed by atoms with van der Waals surface area (Å²) < 4.78 is 14.4. The van der Waals surface area contributed by atoms with Crippen LogP contribution in [0.1, 0.15) is 47.7 Å². The summed E-state index contributed by atoms with van der Waals surface area (Å²) in [6.07, 6.45) is 1.05. The average Bonchev–Trinajstić information content (AvgIpc) is 2.46. The second-order valence-electron chi connectivity index (χ2n) is 4.88. The van der Waals surface area contributed by atoms with Gasteiger partial charge in [-0.05, 0) is 36.1 Å². The zero-order valence-electron chi connectivity index (χ0n) is 11.5. The van der Waals surface area contributed by atoms with Crippen LogP contribution < -0.4 is 0 Å². The van der Waals surface area contributed by atoms with Crippen molar-refractivity contribution < 1.29 is 9.18 Å². The highest BCUT2D eigenvalue weighted by Gasteiger charge is 2.14. The fraction of sp³-hybridized carbons (Fsp3) is 0.235. The van der Waals surface area contributed by atoms with E-state index in [1.165, 1.54) is 17.7 Å². The van der Waals surface area contributed by atoms with Crippen LogP contribution in [0.25, 0.3) is 0 Å². The predicted octanol–water partition coefficient (Wildman–Crippen LogP) is 5.33. The van der Waals surface area contributed by atoms with E-state index in [0.717, 1.165) is 6.42 Å². The average molecular weight is 335 g/mol. The third kappa shape index (κ3) is 3.15. The molecule has 2 aromatic carbocycles. The van der Waals surface area contributed by atoms with Crippen LogP contribution in [0.2, 0.25) is 0 Å². The third-order valence-corrected chi connectivity index (χ3v) is 4.02. The summed E-state index contributed by atoms with van der Waals surface area (Å²) in [5.41, 5.74) is 1.81. The van der Waals surface area contributed by atoms with Gasteiger partial charge in [-0.25, -0.2) is 4.39 Å². The number of carbonyl (C=O) groups excluding carboxylic acids is 1. The highest BCUT2D eigenvalue weighted by atomic mass is 79.9. The van der Waals surface area contributed by atoms with E-state index in [1.54, 1.807) is 18.2 Å². The molecule has 2 rings (SSSR count). The lowest BCUT2D eigenvalue weighted by molar-refractivity contribution is 0.103. The van der Waals surface area contributed by atoms with Crippen LogP contribution in [-0.4, -0.2) is 5.78 Å². The van der Waals surface area contributed by atoms with E-state index in [4.69, 9.17) is 0 Å². The monoisotopic (exact) mass is 334 g/mol. The van der Waals surface area contributed by atoms with Crippen LogP contribution in [0.15, 0.2) is 46.9 Å². The Morgan fingerprint density at radius 1 is 1.20 bits per heavy atom. The Kier molecular flexibility index (Phi) is 4.71. The van der Waals surface area contributed by atoms with Crippen LogP contribution >= 0.6 is 15.9 Å². The summed E-state index contributed by atoms with van der Waals surface area (Å²) in [6.45, 7) is 4.27. The molecule has 3 heteroatoms. The first-order chi connectivity index (χ1) is 9.52. The van der Waals surface area contributed by atoms with Gasteiger partial charge in [0.1, 0.15) is 5.82 Å². The van der Waals surface area contributed by atoms with Gasteiger partial charge >= 0.3 is 0 Å². The number of rotatable bonds is 4. The first-order valence-corrected chi connectivity index (χ1v) is 7.42. The Labute approximate surface area is 127 Å². The Bertz CT molecular complexity index is 619. The molecule has 0 heterocycles. The molecule has 0 aliphatic carbocycles. The van der Waals surface area contributed by atoms with Crippen LogP contribution in [0, 0.1) is 5.82 Å². The predicted molar refractivity (Wildman–Crippen MR) is 82.7 cm³/mol. The Morgan fingerprint density at radius 3 is 2.40 bits per heavy atom. The maximum absolute atomic E-state index is 13.8. The summed E-state index contributed by atoms with van der Waals surface area (Å²) >= 11 is 3.18. The molecule has 104 valence electrons. The van der Waals surface area contributed by atoms with Gasteiger partial charge in [0.25, 0.3) is 0 Å². The van der Waals surface area contributed by atoms with E-state index in [2.05, 4.69) is 29.8 Å². The molecule has 0 spiro atoms. The molecule has 1 atom stereocenters. The minimum absolute atomic E-state index is 0.101. The fourth-order valence-corrected chi connectivity index (χ4v) is 2.36. The van der Waals surface area contributed by atoms with Crippen molar-refractivity contribution >= 4 is 21.7 Å². The van der Waals surface area contributed by atoms with Crippen molar-refractivity contribution in [2.24, 2.45) is 0 Å². The van der Waals surface area contributed by atoms with E-state index < -0.39 is 5.82 Å². The lowest BCUT2D eigenvalue weighted by Crippen LogP contribution is -2.04. The molecule has 0 aliphatic heterocycles. The smallest absolute Gasteiger partial charge is 0.195 e. The topological polar surface area (TPSA) is 17.1 Å². The van der Waals surface area contributed by atoms with Crippen molar-refractivity contribution in [3.05, 3.63) is 69.4 Å². The van der Waals surface area contributed by atoms with Crippen molar-refractivity contribution in [2.75, 3.05) is 0 Å². The lowest BCUT2D eigenvalue weighted by Gasteiger charge is -2.09. The Balaban J connectivity index is 2.29. The van der Waals surface area contributed by atoms with Gasteiger partial charge in [-0.15, -0.1) is 0 Å². The summed E-state index contributed by atoms with van der Waals surface area (Å²) in [5, 5.41) is 0. The fourth-order valence-electron chi connectivity index (χ4n) is 2.03. The van der Waals surface area contributed by atoms with Crippen LogP contribution in [0.5, 0.6) is 0 Å². The molecule has 0 N–H and O–H groups in total. The first-order valence-electron chi connectivity index (χ1n) is 6.62. The molecule has 0 aromatic heterocycles. The number of carbonyl (C=O) groups is 1. The van der Waals surface area contributed by atoms with E-state index in [-0.39, 0.29) is 11.3 Å². The molecule has 0 fully saturated rings. The normalized spacial score (nSPS) is 12.2. The number of benzene rings is 2. The Hall–Kier alpha value is -1.48. The standard InChI is InChI=1S/C17H16BrFO/c1-3-11(2)12-4-6-13(7-5-12)17(20)15-9-8-14(18)10-16(15)19/h4-11H,3H2,1-2H3. The van der Waals surface area contributed by atoms with Gasteiger partial charge in [0, 0.05) is 10.0 Å². The Morgan fingerprint density at radius 2 is 1.85 bits per heavy atom. The molecule has 0 bridgehead atoms. The molecular weight excluding hydrogens is 319 g/mol. The molecule has 1 nitrogen and oxygen atoms in total. The minimum Gasteiger partial charge on any atom is -0.288 e. The molecule has 0 saturated carbocycles. The number of hydrogen-bond acceptors (Lipinski definition) is 1. The van der Waals surface area contributed by atoms with Gasteiger partial charge in [0.15, 0.2) is 5.78 Å². The second-order valence-corrected chi connectivity index (χ2v) is 5.80. The molecule has 0 amide bonds. The van der Waals surface area contributed by atoms with Gasteiger partial charge in [-0.3, -0.25) is 4.79 Å². The molecule has 0 aliphatic rings. The third-order valence-electron chi connectivity index (χ3n) is 3.53. The molecule has 1 unspecified atom stereocenters. The second kappa shape index (κ2) is 6.31. The van der Waals surface area contributed by atoms with Crippen LogP contribution in [-0.2, 0) is 0 Å². The van der Waals surface area contributed by atoms with Crippen LogP contribution in [0.3, 0.4) is 0 Å². The zero-order valence-corrected chi connectivity index (χ0v) is 13.1. The van der Waals surface area contributed by atoms with Crippen molar-refractivity contribution in [3.63, 3.8) is 0 Å². The number of ketones is 1. The number of hydrogen-bond donors (Lipinski definition) is 0. The summed E-state index contributed by atoms with van der Waals surface area (Å²) in [5.74, 6) is -0.329. The quantitative estimate of drug-likeness (QED) is 0.690. The zero-order chi connectivity index (χ0) is 14.7. The van der Waals surface area contributed by atoms with Crippen molar-refractivity contribution in [1.29, 1.82) is 0 Å². The molecule has 20 heavy (non-hydrogen) atoms. The molecule has 2 aromatic rings. The summed E-state index contributed by atoms with van der Waals surface area (Å²) in [7, 11) is 0. The molecule has 0 radical (unpaired) electrons. The highest BCUT2D eigenvalue weighted by molar-refractivity contribution is 9.10. The van der Waals surface area contributed by atoms with Crippen molar-refractivity contribution in [2.45, 2.75) is 26.2 Å². The van der Waals surface area contributed by atoms with Gasteiger partial charge in [-0.1, -0.05) is 54.0 Å². The van der Waals surface area contributed by atoms with Gasteiger partial charge in [-0.2, -0.15) is 0 Å². The lowest BCUT2D eigenvalue weighted by atomic mass is 9.95. The van der Waals surface area contributed by atoms with E-state index >= 15 is 0 Å². The number of halogens is 2. The first kappa shape index (κ1) is 14.9. The van der Waals surface area contributed by atoms with Crippen LogP contribution in [0.4, 0.5) is 4.39 Å². The van der Waals surface area contributed by atoms with Crippen molar-refractivity contribution in [1.82, 2.24) is 0 Å².